The van der Waals surface area contributed by atoms with E-state index < -0.39 is 0 Å². The van der Waals surface area contributed by atoms with Gasteiger partial charge in [-0.15, -0.1) is 0 Å². The fourth-order valence-electron chi connectivity index (χ4n) is 1.78. The zero-order valence-corrected chi connectivity index (χ0v) is 12.9. The van der Waals surface area contributed by atoms with Crippen molar-refractivity contribution in [3.05, 3.63) is 71.8 Å². The van der Waals surface area contributed by atoms with Crippen molar-refractivity contribution in [3.63, 3.8) is 0 Å². The molecule has 0 amide bonds. The molecule has 0 N–H and O–H groups in total. The lowest BCUT2D eigenvalue weighted by Gasteiger charge is -2.27. The summed E-state index contributed by atoms with van der Waals surface area (Å²) in [5.41, 5.74) is 3.12. The van der Waals surface area contributed by atoms with E-state index in [2.05, 4.69) is 77.1 Å². The van der Waals surface area contributed by atoms with Crippen LogP contribution < -0.4 is 0 Å². The average Bonchev–Trinajstić information content (AvgIpc) is 2.39. The first-order valence-electron chi connectivity index (χ1n) is 6.98. The lowest BCUT2D eigenvalue weighted by atomic mass is 9.78. The minimum atomic E-state index is 0.362. The number of benzene rings is 2. The largest absolute Gasteiger partial charge is 0.0622 e. The fraction of sp³-hybridized carbons (Fsp3) is 0.368. The quantitative estimate of drug-likeness (QED) is 0.600. The van der Waals surface area contributed by atoms with Crippen LogP contribution in [0, 0.1) is 12.3 Å². The van der Waals surface area contributed by atoms with Crippen LogP contribution >= 0.6 is 0 Å². The van der Waals surface area contributed by atoms with Crippen LogP contribution in [-0.4, -0.2) is 0 Å². The normalized spacial score (nSPS) is 12.3. The molecule has 2 aromatic rings. The highest BCUT2D eigenvalue weighted by Crippen LogP contribution is 2.33. The van der Waals surface area contributed by atoms with E-state index >= 15 is 0 Å². The van der Waals surface area contributed by atoms with Crippen LogP contribution in [0.2, 0.25) is 0 Å². The Kier molecular flexibility index (Phi) is 5.82. The van der Waals surface area contributed by atoms with Crippen LogP contribution in [-0.2, 0) is 0 Å². The minimum absolute atomic E-state index is 0.362. The Balaban J connectivity index is 0.000000218. The van der Waals surface area contributed by atoms with Gasteiger partial charge in [0.15, 0.2) is 0 Å². The van der Waals surface area contributed by atoms with Gasteiger partial charge in [-0.2, -0.15) is 0 Å². The first-order chi connectivity index (χ1) is 8.91. The van der Waals surface area contributed by atoms with E-state index in [0.29, 0.717) is 11.3 Å². The molecule has 0 radical (unpaired) electrons. The highest BCUT2D eigenvalue weighted by molar-refractivity contribution is 5.20. The maximum Gasteiger partial charge on any atom is -0.0142 e. The summed E-state index contributed by atoms with van der Waals surface area (Å²) < 4.78 is 0. The molecular formula is C19H26. The summed E-state index contributed by atoms with van der Waals surface area (Å²) >= 11 is 0. The number of rotatable bonds is 1. The van der Waals surface area contributed by atoms with Crippen molar-refractivity contribution in [3.8, 4) is 0 Å². The molecule has 0 nitrogen and oxygen atoms in total. The van der Waals surface area contributed by atoms with Crippen molar-refractivity contribution in [2.24, 2.45) is 5.41 Å². The third-order valence-corrected chi connectivity index (χ3v) is 3.54. The van der Waals surface area contributed by atoms with Crippen molar-refractivity contribution in [1.82, 2.24) is 0 Å². The van der Waals surface area contributed by atoms with Crippen molar-refractivity contribution < 1.29 is 0 Å². The molecule has 0 aromatic heterocycles. The van der Waals surface area contributed by atoms with E-state index in [4.69, 9.17) is 0 Å². The lowest BCUT2D eigenvalue weighted by Crippen LogP contribution is -2.14. The van der Waals surface area contributed by atoms with Crippen LogP contribution in [0.3, 0.4) is 0 Å². The number of hydrogen-bond donors (Lipinski definition) is 0. The maximum absolute atomic E-state index is 2.29. The zero-order chi connectivity index (χ0) is 14.3. The van der Waals surface area contributed by atoms with E-state index in [1.807, 2.05) is 18.2 Å². The van der Waals surface area contributed by atoms with Crippen molar-refractivity contribution in [1.29, 1.82) is 0 Å². The molecule has 102 valence electrons. The first kappa shape index (κ1) is 15.5. The predicted molar refractivity (Wildman–Crippen MR) is 85.5 cm³/mol. The Labute approximate surface area is 118 Å². The summed E-state index contributed by atoms with van der Waals surface area (Å²) in [5, 5.41) is 0. The Morgan fingerprint density at radius 1 is 0.737 bits per heavy atom. The molecule has 2 rings (SSSR count). The molecule has 2 aromatic carbocycles. The number of aryl methyl sites for hydroxylation is 1. The molecule has 1 atom stereocenters. The van der Waals surface area contributed by atoms with Gasteiger partial charge in [-0.05, 0) is 23.8 Å². The molecule has 0 spiro atoms. The minimum Gasteiger partial charge on any atom is -0.0622 e. The fourth-order valence-corrected chi connectivity index (χ4v) is 1.78. The first-order valence-corrected chi connectivity index (χ1v) is 6.98. The zero-order valence-electron chi connectivity index (χ0n) is 12.9. The molecule has 0 aliphatic rings. The van der Waals surface area contributed by atoms with Gasteiger partial charge in [0.2, 0.25) is 0 Å². The molecule has 0 heteroatoms. The molecule has 0 saturated carbocycles. The molecule has 0 fully saturated rings. The standard InChI is InChI=1S/C12H18.C7H8/c1-10(12(2,3)4)11-8-6-5-7-9-11;1-7-5-3-2-4-6-7/h5-10H,1-4H3;2-6H,1H3/t10-;/m0./s1. The third kappa shape index (κ3) is 5.74. The van der Waals surface area contributed by atoms with Gasteiger partial charge in [0, 0.05) is 0 Å². The highest BCUT2D eigenvalue weighted by Gasteiger charge is 2.20. The van der Waals surface area contributed by atoms with Crippen LogP contribution in [0.5, 0.6) is 0 Å². The SMILES string of the molecule is C[C@@H](c1ccccc1)C(C)(C)C.Cc1ccccc1. The van der Waals surface area contributed by atoms with Gasteiger partial charge in [-0.25, -0.2) is 0 Å². The molecule has 0 aliphatic carbocycles. The van der Waals surface area contributed by atoms with Crippen LogP contribution in [0.1, 0.15) is 44.7 Å². The Bertz CT molecular complexity index is 448. The van der Waals surface area contributed by atoms with Gasteiger partial charge in [-0.1, -0.05) is 93.9 Å². The summed E-state index contributed by atoms with van der Waals surface area (Å²) in [6.07, 6.45) is 0. The molecule has 19 heavy (non-hydrogen) atoms. The van der Waals surface area contributed by atoms with Gasteiger partial charge in [0.25, 0.3) is 0 Å². The van der Waals surface area contributed by atoms with E-state index in [1.165, 1.54) is 11.1 Å². The van der Waals surface area contributed by atoms with Gasteiger partial charge in [0.05, 0.1) is 0 Å². The van der Waals surface area contributed by atoms with Crippen LogP contribution in [0.15, 0.2) is 60.7 Å². The van der Waals surface area contributed by atoms with Crippen molar-refractivity contribution in [2.75, 3.05) is 0 Å². The molecule has 0 heterocycles. The van der Waals surface area contributed by atoms with E-state index in [-0.39, 0.29) is 0 Å². The molecule has 0 unspecified atom stereocenters. The van der Waals surface area contributed by atoms with Crippen LogP contribution in [0.4, 0.5) is 0 Å². The molecule has 0 aliphatic heterocycles. The Morgan fingerprint density at radius 2 is 1.16 bits per heavy atom. The molecule has 0 bridgehead atoms. The monoisotopic (exact) mass is 254 g/mol. The molecular weight excluding hydrogens is 228 g/mol. The predicted octanol–water partition coefficient (Wildman–Crippen LogP) is 5.83. The second kappa shape index (κ2) is 7.13. The summed E-state index contributed by atoms with van der Waals surface area (Å²) in [5.74, 6) is 0.624. The Hall–Kier alpha value is -1.56. The summed E-state index contributed by atoms with van der Waals surface area (Å²) in [6, 6.07) is 21.0. The Morgan fingerprint density at radius 3 is 1.47 bits per heavy atom. The summed E-state index contributed by atoms with van der Waals surface area (Å²) in [6.45, 7) is 11.2. The van der Waals surface area contributed by atoms with Gasteiger partial charge in [0.1, 0.15) is 0 Å². The topological polar surface area (TPSA) is 0 Å². The summed E-state index contributed by atoms with van der Waals surface area (Å²) in [7, 11) is 0. The number of hydrogen-bond acceptors (Lipinski definition) is 0. The molecule has 0 saturated heterocycles. The van der Waals surface area contributed by atoms with Gasteiger partial charge in [-0.3, -0.25) is 0 Å². The van der Waals surface area contributed by atoms with Gasteiger partial charge >= 0.3 is 0 Å². The van der Waals surface area contributed by atoms with Crippen molar-refractivity contribution >= 4 is 0 Å². The second-order valence-corrected chi connectivity index (χ2v) is 6.15. The van der Waals surface area contributed by atoms with Crippen molar-refractivity contribution in [2.45, 2.75) is 40.5 Å². The smallest absolute Gasteiger partial charge is 0.0142 e. The van der Waals surface area contributed by atoms with Crippen LogP contribution in [0.25, 0.3) is 0 Å². The average molecular weight is 254 g/mol. The van der Waals surface area contributed by atoms with Gasteiger partial charge < -0.3 is 0 Å². The third-order valence-electron chi connectivity index (χ3n) is 3.54. The summed E-state index contributed by atoms with van der Waals surface area (Å²) in [4.78, 5) is 0. The lowest BCUT2D eigenvalue weighted by molar-refractivity contribution is 0.339. The van der Waals surface area contributed by atoms with E-state index in [0.717, 1.165) is 0 Å². The second-order valence-electron chi connectivity index (χ2n) is 6.15. The maximum atomic E-state index is 2.29. The van der Waals surface area contributed by atoms with E-state index in [9.17, 15) is 0 Å². The van der Waals surface area contributed by atoms with E-state index in [1.54, 1.807) is 0 Å². The highest BCUT2D eigenvalue weighted by atomic mass is 14.3.